The van der Waals surface area contributed by atoms with Gasteiger partial charge in [-0.15, -0.1) is 5.10 Å². The van der Waals surface area contributed by atoms with Gasteiger partial charge in [-0.2, -0.15) is 4.68 Å². The highest BCUT2D eigenvalue weighted by atomic mass is 16.5. The van der Waals surface area contributed by atoms with Crippen LogP contribution in [-0.2, 0) is 24.3 Å². The number of unbranched alkanes of at least 4 members (excludes halogenated alkanes) is 1. The number of aliphatic hydroxyl groups is 1. The van der Waals surface area contributed by atoms with Crippen molar-refractivity contribution in [1.82, 2.24) is 34.7 Å². The molecule has 6 aromatic rings. The van der Waals surface area contributed by atoms with Gasteiger partial charge >= 0.3 is 0 Å². The van der Waals surface area contributed by atoms with Crippen molar-refractivity contribution in [2.24, 2.45) is 0 Å². The Morgan fingerprint density at radius 1 is 0.891 bits per heavy atom. The van der Waals surface area contributed by atoms with E-state index in [-0.39, 0.29) is 12.8 Å². The number of hydrogen-bond donors (Lipinski definition) is 1. The molecule has 0 spiro atoms. The number of pyridine rings is 1. The molecule has 0 aliphatic rings. The molecule has 0 amide bonds. The average Bonchev–Trinajstić information content (AvgIpc) is 3.72. The Hall–Kier alpha value is -4.99. The molecule has 1 N–H and O–H groups in total. The monoisotopic (exact) mass is 613 g/mol. The summed E-state index contributed by atoms with van der Waals surface area (Å²) in [7, 11) is 0. The number of nitrogens with zero attached hydrogens (tertiary/aromatic N) is 7. The van der Waals surface area contributed by atoms with E-state index in [1.54, 1.807) is 4.68 Å². The molecule has 0 bridgehead atoms. The lowest BCUT2D eigenvalue weighted by Gasteiger charge is -2.17. The van der Waals surface area contributed by atoms with Gasteiger partial charge < -0.3 is 14.4 Å². The lowest BCUT2D eigenvalue weighted by Crippen LogP contribution is -2.13. The number of imidazole rings is 1. The van der Waals surface area contributed by atoms with Crippen LogP contribution in [0.1, 0.15) is 68.0 Å². The van der Waals surface area contributed by atoms with Crippen molar-refractivity contribution in [2.75, 3.05) is 6.61 Å². The number of aromatic nitrogens is 7. The molecule has 1 unspecified atom stereocenters. The third-order valence-electron chi connectivity index (χ3n) is 8.07. The van der Waals surface area contributed by atoms with Gasteiger partial charge in [-0.25, -0.2) is 9.97 Å². The highest BCUT2D eigenvalue weighted by molar-refractivity contribution is 5.82. The number of benzene rings is 3. The highest BCUT2D eigenvalue weighted by Crippen LogP contribution is 2.33. The molecule has 3 aromatic heterocycles. The topological polar surface area (TPSA) is 104 Å². The molecular weight excluding hydrogens is 574 g/mol. The Morgan fingerprint density at radius 3 is 2.41 bits per heavy atom. The third kappa shape index (κ3) is 6.66. The fraction of sp³-hybridized carbons (Fsp3) is 0.270. The van der Waals surface area contributed by atoms with Crippen molar-refractivity contribution >= 4 is 23.3 Å². The van der Waals surface area contributed by atoms with Crippen LogP contribution in [0.25, 0.3) is 45.8 Å². The molecule has 1 atom stereocenters. The molecule has 3 aromatic carbocycles. The first-order valence-corrected chi connectivity index (χ1v) is 15.9. The van der Waals surface area contributed by atoms with Crippen molar-refractivity contribution in [3.63, 3.8) is 0 Å². The Kier molecular flexibility index (Phi) is 9.71. The summed E-state index contributed by atoms with van der Waals surface area (Å²) >= 11 is 0. The predicted molar refractivity (Wildman–Crippen MR) is 182 cm³/mol. The standard InChI is InChI=1S/C37H39N7O2/c1-4-6-17-35-38-33-23-30(20-18-27-13-9-7-10-14-27)34(25-45)39-37(33)43(35)24-28-19-21-31(29-15-11-8-12-16-29)32(22-28)36-40-41-42-44(36)26(3)46-5-2/h7-16,18-23,26,45H,4-6,17,24-25H2,1-3H3/b20-18+. The van der Waals surface area contributed by atoms with Crippen LogP contribution in [0, 0.1) is 0 Å². The number of rotatable bonds is 13. The summed E-state index contributed by atoms with van der Waals surface area (Å²) in [6, 6.07) is 28.8. The summed E-state index contributed by atoms with van der Waals surface area (Å²) in [6.07, 6.45) is 6.61. The normalized spacial score (nSPS) is 12.3. The van der Waals surface area contributed by atoms with E-state index >= 15 is 0 Å². The molecule has 46 heavy (non-hydrogen) atoms. The van der Waals surface area contributed by atoms with Gasteiger partial charge in [-0.1, -0.05) is 98.3 Å². The van der Waals surface area contributed by atoms with Crippen molar-refractivity contribution in [1.29, 1.82) is 0 Å². The smallest absolute Gasteiger partial charge is 0.185 e. The minimum Gasteiger partial charge on any atom is -0.390 e. The first kappa shape index (κ1) is 31.0. The van der Waals surface area contributed by atoms with E-state index in [0.29, 0.717) is 24.7 Å². The summed E-state index contributed by atoms with van der Waals surface area (Å²) in [4.78, 5) is 10.0. The van der Waals surface area contributed by atoms with Gasteiger partial charge in [0.25, 0.3) is 0 Å². The van der Waals surface area contributed by atoms with Crippen LogP contribution >= 0.6 is 0 Å². The molecule has 234 valence electrons. The SMILES string of the molecule is CCCCc1nc2cc(/C=C/c3ccccc3)c(CO)nc2n1Cc1ccc(-c2ccccc2)c(-c2nnnn2C(C)OCC)c1. The Balaban J connectivity index is 1.44. The Labute approximate surface area is 269 Å². The van der Waals surface area contributed by atoms with E-state index in [4.69, 9.17) is 14.7 Å². The fourth-order valence-corrected chi connectivity index (χ4v) is 5.71. The summed E-state index contributed by atoms with van der Waals surface area (Å²) in [5, 5.41) is 23.1. The molecule has 0 aliphatic carbocycles. The van der Waals surface area contributed by atoms with Crippen LogP contribution in [0.4, 0.5) is 0 Å². The van der Waals surface area contributed by atoms with Crippen molar-refractivity contribution in [2.45, 2.75) is 59.4 Å². The van der Waals surface area contributed by atoms with Crippen LogP contribution in [-0.4, -0.2) is 46.5 Å². The summed E-state index contributed by atoms with van der Waals surface area (Å²) in [5.74, 6) is 1.61. The molecule has 9 heteroatoms. The lowest BCUT2D eigenvalue weighted by molar-refractivity contribution is 0.0159. The molecule has 0 fully saturated rings. The van der Waals surface area contributed by atoms with Gasteiger partial charge in [-0.3, -0.25) is 0 Å². The third-order valence-corrected chi connectivity index (χ3v) is 8.07. The fourth-order valence-electron chi connectivity index (χ4n) is 5.71. The van der Waals surface area contributed by atoms with Gasteiger partial charge in [0, 0.05) is 24.2 Å². The second-order valence-corrected chi connectivity index (χ2v) is 11.2. The first-order valence-electron chi connectivity index (χ1n) is 15.9. The van der Waals surface area contributed by atoms with Crippen molar-refractivity contribution in [3.05, 3.63) is 113 Å². The van der Waals surface area contributed by atoms with E-state index in [2.05, 4.69) is 57.3 Å². The largest absolute Gasteiger partial charge is 0.390 e. The van der Waals surface area contributed by atoms with Crippen LogP contribution < -0.4 is 0 Å². The molecule has 0 aliphatic heterocycles. The maximum atomic E-state index is 10.3. The van der Waals surface area contributed by atoms with Gasteiger partial charge in [0.15, 0.2) is 17.7 Å². The number of hydrogen-bond acceptors (Lipinski definition) is 7. The summed E-state index contributed by atoms with van der Waals surface area (Å²) in [5.41, 5.74) is 8.20. The van der Waals surface area contributed by atoms with Crippen molar-refractivity contribution in [3.8, 4) is 22.5 Å². The van der Waals surface area contributed by atoms with E-state index in [1.165, 1.54) is 0 Å². The highest BCUT2D eigenvalue weighted by Gasteiger charge is 2.21. The van der Waals surface area contributed by atoms with E-state index in [9.17, 15) is 5.11 Å². The summed E-state index contributed by atoms with van der Waals surface area (Å²) < 4.78 is 9.77. The number of aryl methyl sites for hydroxylation is 1. The minimum atomic E-state index is -0.327. The minimum absolute atomic E-state index is 0.170. The molecule has 0 saturated heterocycles. The number of fused-ring (bicyclic) bond motifs is 1. The molecule has 3 heterocycles. The van der Waals surface area contributed by atoms with Gasteiger partial charge in [0.1, 0.15) is 11.3 Å². The Bertz CT molecular complexity index is 1930. The molecular formula is C37H39N7O2. The lowest BCUT2D eigenvalue weighted by atomic mass is 9.96. The molecule has 0 saturated carbocycles. The van der Waals surface area contributed by atoms with E-state index < -0.39 is 0 Å². The first-order chi connectivity index (χ1) is 22.6. The predicted octanol–water partition coefficient (Wildman–Crippen LogP) is 7.36. The van der Waals surface area contributed by atoms with Gasteiger partial charge in [-0.05, 0) is 65.1 Å². The van der Waals surface area contributed by atoms with Crippen LogP contribution in [0.2, 0.25) is 0 Å². The zero-order valence-corrected chi connectivity index (χ0v) is 26.5. The zero-order valence-electron chi connectivity index (χ0n) is 26.5. The maximum absolute atomic E-state index is 10.3. The summed E-state index contributed by atoms with van der Waals surface area (Å²) in [6.45, 7) is 7.02. The Morgan fingerprint density at radius 2 is 1.67 bits per heavy atom. The van der Waals surface area contributed by atoms with Crippen LogP contribution in [0.5, 0.6) is 0 Å². The average molecular weight is 614 g/mol. The molecule has 9 nitrogen and oxygen atoms in total. The molecule has 0 radical (unpaired) electrons. The second-order valence-electron chi connectivity index (χ2n) is 11.2. The van der Waals surface area contributed by atoms with Crippen LogP contribution in [0.15, 0.2) is 84.9 Å². The quantitative estimate of drug-likeness (QED) is 0.145. The number of aliphatic hydroxyl groups excluding tert-OH is 1. The van der Waals surface area contributed by atoms with E-state index in [1.807, 2.05) is 80.6 Å². The van der Waals surface area contributed by atoms with Crippen LogP contribution in [0.3, 0.4) is 0 Å². The van der Waals surface area contributed by atoms with Crippen molar-refractivity contribution < 1.29 is 9.84 Å². The maximum Gasteiger partial charge on any atom is 0.185 e. The number of tetrazole rings is 1. The van der Waals surface area contributed by atoms with Gasteiger partial charge in [0.05, 0.1) is 18.8 Å². The zero-order chi connectivity index (χ0) is 31.9. The van der Waals surface area contributed by atoms with Gasteiger partial charge in [0.2, 0.25) is 0 Å². The second kappa shape index (κ2) is 14.4. The molecule has 6 rings (SSSR count). The van der Waals surface area contributed by atoms with E-state index in [0.717, 1.165) is 69.6 Å². The number of ether oxygens (including phenoxy) is 1.